The molecule has 0 aromatic carbocycles. The van der Waals surface area contributed by atoms with Crippen molar-refractivity contribution < 1.29 is 79.6 Å². The fraction of sp³-hybridized carbons (Fsp3) is 0.762. The number of hydrogen-bond acceptors (Lipinski definition) is 3. The molecule has 3 saturated carbocycles. The van der Waals surface area contributed by atoms with Gasteiger partial charge in [0.05, 0.1) is 6.10 Å². The van der Waals surface area contributed by atoms with Gasteiger partial charge in [-0.25, -0.2) is 0 Å². The quantitative estimate of drug-likeness (QED) is 0.355. The molecule has 6 atom stereocenters. The number of aliphatic hydroxyl groups is 1. The smallest absolute Gasteiger partial charge is 0.869 e. The number of ketones is 1. The summed E-state index contributed by atoms with van der Waals surface area (Å²) in [4.78, 5) is 12.2. The van der Waals surface area contributed by atoms with Crippen molar-refractivity contribution >= 4 is 5.78 Å². The SMILES string of the molecule is CC12C/C(=C(\[O-])C(F)(F)F)C(=O)C=C1CCC1C2CCC2(C)C(O)CCC12.[K+]. The average molecular weight is 423 g/mol. The van der Waals surface area contributed by atoms with Crippen LogP contribution in [0.2, 0.25) is 0 Å². The first-order valence-corrected chi connectivity index (χ1v) is 9.89. The Morgan fingerprint density at radius 1 is 1.18 bits per heavy atom. The van der Waals surface area contributed by atoms with Crippen molar-refractivity contribution in [1.29, 1.82) is 0 Å². The van der Waals surface area contributed by atoms with E-state index in [0.717, 1.165) is 37.7 Å². The zero-order valence-corrected chi connectivity index (χ0v) is 19.9. The van der Waals surface area contributed by atoms with Gasteiger partial charge in [-0.1, -0.05) is 19.4 Å². The maximum absolute atomic E-state index is 13.0. The molecule has 4 rings (SSSR count). The molecule has 0 saturated heterocycles. The Labute approximate surface area is 206 Å². The normalized spacial score (nSPS) is 44.6. The Balaban J connectivity index is 0.00000225. The summed E-state index contributed by atoms with van der Waals surface area (Å²) in [5.74, 6) is -1.89. The molecule has 0 amide bonds. The van der Waals surface area contributed by atoms with Crippen LogP contribution in [0.25, 0.3) is 0 Å². The fourth-order valence-corrected chi connectivity index (χ4v) is 6.84. The van der Waals surface area contributed by atoms with Gasteiger partial charge in [0.1, 0.15) is 0 Å². The summed E-state index contributed by atoms with van der Waals surface area (Å²) in [5, 5.41) is 22.3. The number of hydrogen-bond donors (Lipinski definition) is 1. The van der Waals surface area contributed by atoms with Crippen LogP contribution in [0.1, 0.15) is 58.8 Å². The van der Waals surface area contributed by atoms with Crippen molar-refractivity contribution in [2.24, 2.45) is 28.6 Å². The summed E-state index contributed by atoms with van der Waals surface area (Å²) in [5.41, 5.74) is -0.372. The first kappa shape index (κ1) is 23.0. The van der Waals surface area contributed by atoms with Crippen molar-refractivity contribution in [1.82, 2.24) is 0 Å². The van der Waals surface area contributed by atoms with E-state index in [4.69, 9.17) is 0 Å². The van der Waals surface area contributed by atoms with E-state index < -0.39 is 28.7 Å². The number of aliphatic hydroxyl groups excluding tert-OH is 1. The second kappa shape index (κ2) is 7.48. The minimum absolute atomic E-state index is 0. The molecule has 4 aliphatic rings. The van der Waals surface area contributed by atoms with Crippen LogP contribution in [-0.2, 0) is 4.79 Å². The van der Waals surface area contributed by atoms with E-state index in [1.54, 1.807) is 0 Å². The minimum atomic E-state index is -5.01. The van der Waals surface area contributed by atoms with Gasteiger partial charge in [-0.2, -0.15) is 13.2 Å². The summed E-state index contributed by atoms with van der Waals surface area (Å²) in [6.07, 6.45) is 0.894. The van der Waals surface area contributed by atoms with E-state index in [1.165, 1.54) is 6.08 Å². The summed E-state index contributed by atoms with van der Waals surface area (Å²) < 4.78 is 39.0. The molecular formula is C21H26F3KO3. The average Bonchev–Trinajstić information content (AvgIpc) is 2.89. The summed E-state index contributed by atoms with van der Waals surface area (Å²) in [6.45, 7) is 4.09. The van der Waals surface area contributed by atoms with Crippen LogP contribution in [0.4, 0.5) is 13.2 Å². The Bertz CT molecular complexity index is 744. The molecule has 0 bridgehead atoms. The molecule has 7 heteroatoms. The Kier molecular flexibility index (Phi) is 6.15. The molecule has 0 heterocycles. The zero-order valence-electron chi connectivity index (χ0n) is 16.7. The van der Waals surface area contributed by atoms with E-state index in [0.29, 0.717) is 18.3 Å². The molecular weight excluding hydrogens is 396 g/mol. The van der Waals surface area contributed by atoms with Crippen LogP contribution >= 0.6 is 0 Å². The van der Waals surface area contributed by atoms with Crippen molar-refractivity contribution in [2.75, 3.05) is 0 Å². The molecule has 0 aromatic rings. The van der Waals surface area contributed by atoms with E-state index in [1.807, 2.05) is 6.92 Å². The number of carbonyl (C=O) groups is 1. The minimum Gasteiger partial charge on any atom is -0.869 e. The molecule has 0 radical (unpaired) electrons. The van der Waals surface area contributed by atoms with Gasteiger partial charge in [-0.3, -0.25) is 4.79 Å². The Morgan fingerprint density at radius 2 is 1.86 bits per heavy atom. The number of rotatable bonds is 0. The Morgan fingerprint density at radius 3 is 2.50 bits per heavy atom. The third kappa shape index (κ3) is 3.32. The maximum atomic E-state index is 13.0. The van der Waals surface area contributed by atoms with Gasteiger partial charge >= 0.3 is 57.6 Å². The van der Waals surface area contributed by atoms with Crippen LogP contribution in [0.3, 0.4) is 0 Å². The molecule has 6 unspecified atom stereocenters. The van der Waals surface area contributed by atoms with Crippen LogP contribution in [-0.4, -0.2) is 23.2 Å². The molecule has 3 nitrogen and oxygen atoms in total. The molecule has 4 aliphatic carbocycles. The second-order valence-electron chi connectivity index (χ2n) is 9.49. The molecule has 1 N–H and O–H groups in total. The number of carbonyl (C=O) groups excluding carboxylic acids is 1. The molecule has 3 fully saturated rings. The van der Waals surface area contributed by atoms with Gasteiger partial charge in [-0.15, -0.1) is 0 Å². The first-order valence-electron chi connectivity index (χ1n) is 9.89. The standard InChI is InChI=1S/C21H27F3O3.K/c1-19-8-7-15-12(14(19)5-6-17(19)26)4-3-11-9-16(25)13(10-20(11,15)2)18(27)21(22,23)24;/h9,12,14-15,17,26-27H,3-8,10H2,1-2H3;/q;+1/p-1/b18-13+;. The van der Waals surface area contributed by atoms with Gasteiger partial charge in [0.2, 0.25) is 0 Å². The number of alkyl halides is 3. The number of fused-ring (bicyclic) bond motifs is 5. The van der Waals surface area contributed by atoms with E-state index in [-0.39, 0.29) is 75.2 Å². The first-order chi connectivity index (χ1) is 12.5. The molecule has 0 aromatic heterocycles. The van der Waals surface area contributed by atoms with Gasteiger partial charge in [-0.05, 0) is 90.9 Å². The third-order valence-corrected chi connectivity index (χ3v) is 8.36. The summed E-state index contributed by atoms with van der Waals surface area (Å²) in [7, 11) is 0. The zero-order chi connectivity index (χ0) is 19.8. The van der Waals surface area contributed by atoms with Crippen LogP contribution in [0.5, 0.6) is 0 Å². The number of halogens is 3. The van der Waals surface area contributed by atoms with Gasteiger partial charge in [0.25, 0.3) is 0 Å². The Hall–Kier alpha value is 0.336. The fourth-order valence-electron chi connectivity index (χ4n) is 6.84. The van der Waals surface area contributed by atoms with Crippen LogP contribution in [0, 0.1) is 28.6 Å². The summed E-state index contributed by atoms with van der Waals surface area (Å²) >= 11 is 0. The van der Waals surface area contributed by atoms with Crippen molar-refractivity contribution in [3.8, 4) is 0 Å². The van der Waals surface area contributed by atoms with Crippen LogP contribution < -0.4 is 56.5 Å². The van der Waals surface area contributed by atoms with Crippen LogP contribution in [0.15, 0.2) is 23.0 Å². The third-order valence-electron chi connectivity index (χ3n) is 8.36. The maximum Gasteiger partial charge on any atom is 1.00 e. The van der Waals surface area contributed by atoms with E-state index >= 15 is 0 Å². The molecule has 28 heavy (non-hydrogen) atoms. The topological polar surface area (TPSA) is 60.4 Å². The number of allylic oxidation sites excluding steroid dienone is 3. The molecule has 0 spiro atoms. The predicted octanol–water partition coefficient (Wildman–Crippen LogP) is 0.670. The predicted molar refractivity (Wildman–Crippen MR) is 91.2 cm³/mol. The van der Waals surface area contributed by atoms with Crippen molar-refractivity contribution in [3.05, 3.63) is 23.0 Å². The van der Waals surface area contributed by atoms with Crippen molar-refractivity contribution in [3.63, 3.8) is 0 Å². The molecule has 0 aliphatic heterocycles. The monoisotopic (exact) mass is 422 g/mol. The van der Waals surface area contributed by atoms with E-state index in [2.05, 4.69) is 6.92 Å². The second-order valence-corrected chi connectivity index (χ2v) is 9.49. The van der Waals surface area contributed by atoms with Gasteiger partial charge in [0, 0.05) is 0 Å². The van der Waals surface area contributed by atoms with E-state index in [9.17, 15) is 28.2 Å². The summed E-state index contributed by atoms with van der Waals surface area (Å²) in [6, 6.07) is 0. The molecule has 150 valence electrons. The van der Waals surface area contributed by atoms with Gasteiger partial charge in [0.15, 0.2) is 5.78 Å². The van der Waals surface area contributed by atoms with Crippen molar-refractivity contribution in [2.45, 2.75) is 71.1 Å². The van der Waals surface area contributed by atoms with Gasteiger partial charge < -0.3 is 10.2 Å². The largest absolute Gasteiger partial charge is 1.00 e.